The molecule has 1 heterocycles. The van der Waals surface area contributed by atoms with Crippen LogP contribution < -0.4 is 5.32 Å². The van der Waals surface area contributed by atoms with Gasteiger partial charge in [-0.2, -0.15) is 0 Å². The third kappa shape index (κ3) is 3.00. The monoisotopic (exact) mass is 331 g/mol. The second-order valence-corrected chi connectivity index (χ2v) is 4.64. The molecule has 0 radical (unpaired) electrons. The van der Waals surface area contributed by atoms with Crippen LogP contribution in [-0.2, 0) is 9.53 Å². The van der Waals surface area contributed by atoms with Crippen LogP contribution in [0.2, 0.25) is 0 Å². The molecule has 3 unspecified atom stereocenters. The molecule has 1 rings (SSSR count). The zero-order chi connectivity index (χ0) is 11.6. The maximum atomic E-state index is 10.8. The number of ether oxygens (including phenoxy) is 1. The van der Waals surface area contributed by atoms with Gasteiger partial charge in [0.05, 0.1) is 12.6 Å². The van der Waals surface area contributed by atoms with Crippen LogP contribution in [0.1, 0.15) is 6.92 Å². The Morgan fingerprint density at radius 2 is 2.07 bits per heavy atom. The van der Waals surface area contributed by atoms with Crippen LogP contribution in [0.25, 0.3) is 0 Å². The van der Waals surface area contributed by atoms with Crippen LogP contribution in [0.3, 0.4) is 0 Å². The number of rotatable bonds is 2. The molecule has 1 aliphatic rings. The Bertz CT molecular complexity index is 239. The molecular weight excluding hydrogens is 317 g/mol. The summed E-state index contributed by atoms with van der Waals surface area (Å²) in [7, 11) is 0. The van der Waals surface area contributed by atoms with Gasteiger partial charge in [0.1, 0.15) is 22.4 Å². The zero-order valence-electron chi connectivity index (χ0n) is 8.13. The van der Waals surface area contributed by atoms with Crippen LogP contribution in [0.15, 0.2) is 0 Å². The number of hydrogen-bond donors (Lipinski definition) is 4. The van der Waals surface area contributed by atoms with E-state index < -0.39 is 28.5 Å². The average molecular weight is 331 g/mol. The first-order valence-electron chi connectivity index (χ1n) is 4.51. The van der Waals surface area contributed by atoms with Gasteiger partial charge in [-0.3, -0.25) is 4.79 Å². The lowest BCUT2D eigenvalue weighted by Gasteiger charge is -2.40. The quantitative estimate of drug-likeness (QED) is 0.360. The molecule has 1 amide bonds. The number of nitrogens with one attached hydrogen (secondary N) is 1. The first-order chi connectivity index (χ1) is 6.97. The van der Waals surface area contributed by atoms with Gasteiger partial charge in [0.15, 0.2) is 0 Å². The van der Waals surface area contributed by atoms with E-state index in [-0.39, 0.29) is 12.5 Å². The normalized spacial score (nSPS) is 41.3. The predicted octanol–water partition coefficient (Wildman–Crippen LogP) is -1.63. The summed E-state index contributed by atoms with van der Waals surface area (Å²) in [5, 5.41) is 30.6. The molecule has 7 heteroatoms. The van der Waals surface area contributed by atoms with Gasteiger partial charge in [-0.05, 0) is 22.6 Å². The minimum absolute atomic E-state index is 0.307. The number of aliphatic hydroxyl groups is 3. The van der Waals surface area contributed by atoms with Crippen molar-refractivity contribution in [1.29, 1.82) is 0 Å². The van der Waals surface area contributed by atoms with Crippen LogP contribution in [0, 0.1) is 0 Å². The molecular formula is C8H14INO5. The molecule has 0 spiro atoms. The highest BCUT2D eigenvalue weighted by Gasteiger charge is 2.43. The standard InChI is InChI=1S/C8H14INO5/c1-3(12)10-5-7(14)6(13)4(2-11)15-8(5)9/h4-8,11,13-14H,2H2,1H3,(H,10,12)/t4?,5?,6-,7?,8-/m1/s1. The highest BCUT2D eigenvalue weighted by atomic mass is 127. The third-order valence-corrected chi connectivity index (χ3v) is 3.30. The molecule has 1 saturated heterocycles. The molecule has 0 aromatic carbocycles. The molecule has 0 aromatic heterocycles. The Morgan fingerprint density at radius 1 is 1.47 bits per heavy atom. The second kappa shape index (κ2) is 5.39. The second-order valence-electron chi connectivity index (χ2n) is 3.42. The smallest absolute Gasteiger partial charge is 0.217 e. The van der Waals surface area contributed by atoms with Crippen molar-refractivity contribution in [2.75, 3.05) is 6.61 Å². The maximum absolute atomic E-state index is 10.8. The summed E-state index contributed by atoms with van der Waals surface area (Å²) in [4.78, 5) is 10.8. The maximum Gasteiger partial charge on any atom is 0.217 e. The highest BCUT2D eigenvalue weighted by molar-refractivity contribution is 14.1. The van der Waals surface area contributed by atoms with Crippen LogP contribution in [0.5, 0.6) is 0 Å². The number of carbonyl (C=O) groups excluding carboxylic acids is 1. The average Bonchev–Trinajstić information content (AvgIpc) is 2.18. The number of amides is 1. The lowest BCUT2D eigenvalue weighted by molar-refractivity contribution is -0.169. The summed E-state index contributed by atoms with van der Waals surface area (Å²) in [6, 6.07) is -0.666. The number of carbonyl (C=O) groups is 1. The summed E-state index contributed by atoms with van der Waals surface area (Å²) in [6.07, 6.45) is -3.15. The fraction of sp³-hybridized carbons (Fsp3) is 0.875. The molecule has 0 aliphatic carbocycles. The van der Waals surface area contributed by atoms with Gasteiger partial charge in [-0.15, -0.1) is 0 Å². The minimum Gasteiger partial charge on any atom is -0.394 e. The van der Waals surface area contributed by atoms with E-state index in [0.29, 0.717) is 0 Å². The minimum atomic E-state index is -1.20. The van der Waals surface area contributed by atoms with Crippen molar-refractivity contribution >= 4 is 28.5 Å². The Kier molecular flexibility index (Phi) is 4.71. The molecule has 0 aromatic rings. The molecule has 0 bridgehead atoms. The highest BCUT2D eigenvalue weighted by Crippen LogP contribution is 2.24. The molecule has 1 fully saturated rings. The van der Waals surface area contributed by atoms with Crippen molar-refractivity contribution in [3.8, 4) is 0 Å². The lowest BCUT2D eigenvalue weighted by Crippen LogP contribution is -2.62. The molecule has 88 valence electrons. The summed E-state index contributed by atoms with van der Waals surface area (Å²) < 4.78 is 4.76. The topological polar surface area (TPSA) is 99.0 Å². The first-order valence-corrected chi connectivity index (χ1v) is 5.75. The van der Waals surface area contributed by atoms with E-state index >= 15 is 0 Å². The molecule has 5 atom stereocenters. The molecule has 6 nitrogen and oxygen atoms in total. The van der Waals surface area contributed by atoms with Gasteiger partial charge in [0.25, 0.3) is 0 Å². The summed E-state index contributed by atoms with van der Waals surface area (Å²) in [5.41, 5.74) is 0. The van der Waals surface area contributed by atoms with Crippen molar-refractivity contribution in [2.45, 2.75) is 35.4 Å². The van der Waals surface area contributed by atoms with E-state index in [0.717, 1.165) is 0 Å². The number of halogens is 1. The van der Waals surface area contributed by atoms with Gasteiger partial charge in [-0.1, -0.05) is 0 Å². The fourth-order valence-electron chi connectivity index (χ4n) is 1.46. The van der Waals surface area contributed by atoms with E-state index in [4.69, 9.17) is 9.84 Å². The summed E-state index contributed by atoms with van der Waals surface area (Å²) in [5.74, 6) is -0.307. The van der Waals surface area contributed by atoms with Crippen molar-refractivity contribution in [1.82, 2.24) is 5.32 Å². The van der Waals surface area contributed by atoms with E-state index in [9.17, 15) is 15.0 Å². The number of alkyl halides is 1. The van der Waals surface area contributed by atoms with E-state index in [1.807, 2.05) is 22.6 Å². The van der Waals surface area contributed by atoms with Gasteiger partial charge in [0, 0.05) is 6.92 Å². The molecule has 4 N–H and O–H groups in total. The van der Waals surface area contributed by atoms with Gasteiger partial charge in [-0.25, -0.2) is 0 Å². The van der Waals surface area contributed by atoms with Gasteiger partial charge in [0.2, 0.25) is 5.91 Å². The Labute approximate surface area is 101 Å². The van der Waals surface area contributed by atoms with E-state index in [1.54, 1.807) is 0 Å². The zero-order valence-corrected chi connectivity index (χ0v) is 10.3. The summed E-state index contributed by atoms with van der Waals surface area (Å²) >= 11 is 1.90. The number of aliphatic hydroxyl groups excluding tert-OH is 3. The predicted molar refractivity (Wildman–Crippen MR) is 59.4 cm³/mol. The Hall–Kier alpha value is 0.0400. The molecule has 0 saturated carbocycles. The van der Waals surface area contributed by atoms with Gasteiger partial charge < -0.3 is 25.4 Å². The Balaban J connectivity index is 2.70. The van der Waals surface area contributed by atoms with E-state index in [1.165, 1.54) is 6.92 Å². The van der Waals surface area contributed by atoms with Crippen molar-refractivity contribution in [3.63, 3.8) is 0 Å². The Morgan fingerprint density at radius 3 is 2.53 bits per heavy atom. The molecule has 1 aliphatic heterocycles. The van der Waals surface area contributed by atoms with Gasteiger partial charge >= 0.3 is 0 Å². The number of hydrogen-bond acceptors (Lipinski definition) is 5. The van der Waals surface area contributed by atoms with Crippen LogP contribution in [0.4, 0.5) is 0 Å². The lowest BCUT2D eigenvalue weighted by atomic mass is 9.98. The molecule has 15 heavy (non-hydrogen) atoms. The largest absolute Gasteiger partial charge is 0.394 e. The third-order valence-electron chi connectivity index (χ3n) is 2.24. The van der Waals surface area contributed by atoms with E-state index in [2.05, 4.69) is 5.32 Å². The summed E-state index contributed by atoms with van der Waals surface area (Å²) in [6.45, 7) is 0.950. The van der Waals surface area contributed by atoms with Crippen molar-refractivity contribution < 1.29 is 24.9 Å². The fourth-order valence-corrected chi connectivity index (χ4v) is 2.44. The SMILES string of the molecule is CC(=O)NC1C(O)[C@H](O)C(CO)O[C@H]1I. The van der Waals surface area contributed by atoms with Crippen LogP contribution >= 0.6 is 22.6 Å². The first kappa shape index (κ1) is 13.1. The van der Waals surface area contributed by atoms with Crippen LogP contribution in [-0.4, -0.2) is 56.3 Å². The van der Waals surface area contributed by atoms with Crippen molar-refractivity contribution in [3.05, 3.63) is 0 Å². The van der Waals surface area contributed by atoms with Crippen molar-refractivity contribution in [2.24, 2.45) is 0 Å².